The molecule has 2 rings (SSSR count). The van der Waals surface area contributed by atoms with Crippen LogP contribution in [0.25, 0.3) is 11.1 Å². The number of oxazole rings is 1. The maximum absolute atomic E-state index is 9.47. The average Bonchev–Trinajstić information content (AvgIpc) is 2.71. The van der Waals surface area contributed by atoms with E-state index in [1.807, 2.05) is 6.07 Å². The van der Waals surface area contributed by atoms with Gasteiger partial charge in [-0.2, -0.15) is 0 Å². The Labute approximate surface area is 86.5 Å². The largest absolute Gasteiger partial charge is 0.493 e. The smallest absolute Gasteiger partial charge is 0.225 e. The van der Waals surface area contributed by atoms with Crippen LogP contribution in [0.3, 0.4) is 0 Å². The fourth-order valence-corrected chi connectivity index (χ4v) is 1.35. The fourth-order valence-electron chi connectivity index (χ4n) is 1.35. The van der Waals surface area contributed by atoms with Crippen molar-refractivity contribution in [2.45, 2.75) is 6.10 Å². The number of aromatic nitrogens is 1. The lowest BCUT2D eigenvalue weighted by Gasteiger charge is -2.00. The Kier molecular flexibility index (Phi) is 2.57. The van der Waals surface area contributed by atoms with Gasteiger partial charge in [-0.25, -0.2) is 4.98 Å². The maximum Gasteiger partial charge on any atom is 0.225 e. The molecule has 1 aromatic carbocycles. The Morgan fingerprint density at radius 3 is 3.07 bits per heavy atom. The topological polar surface area (TPSA) is 81.5 Å². The van der Waals surface area contributed by atoms with Crippen LogP contribution < -0.4 is 10.5 Å². The second-order valence-electron chi connectivity index (χ2n) is 3.11. The van der Waals surface area contributed by atoms with Gasteiger partial charge in [-0.3, -0.25) is 0 Å². The molecule has 0 aliphatic carbocycles. The monoisotopic (exact) mass is 208 g/mol. The molecule has 80 valence electrons. The molecule has 0 saturated heterocycles. The number of nitrogens with two attached hydrogens (primary N) is 1. The minimum Gasteiger partial charge on any atom is -0.493 e. The van der Waals surface area contributed by atoms with Gasteiger partial charge in [0.15, 0.2) is 11.3 Å². The lowest BCUT2D eigenvalue weighted by atomic mass is 10.3. The quantitative estimate of drug-likeness (QED) is 0.780. The number of rotatable bonds is 3. The van der Waals surface area contributed by atoms with Gasteiger partial charge in [0, 0.05) is 6.54 Å². The van der Waals surface area contributed by atoms with Gasteiger partial charge in [-0.05, 0) is 12.1 Å². The van der Waals surface area contributed by atoms with Crippen LogP contribution >= 0.6 is 0 Å². The first-order chi connectivity index (χ1) is 7.26. The highest BCUT2D eigenvalue weighted by Crippen LogP contribution is 2.27. The van der Waals surface area contributed by atoms with E-state index in [2.05, 4.69) is 4.98 Å². The molecule has 0 aliphatic heterocycles. The van der Waals surface area contributed by atoms with Crippen molar-refractivity contribution in [3.05, 3.63) is 24.1 Å². The number of aliphatic hydroxyl groups excluding tert-OH is 1. The zero-order valence-electron chi connectivity index (χ0n) is 8.30. The third kappa shape index (κ3) is 1.67. The molecule has 0 bridgehead atoms. The molecule has 1 atom stereocenters. The molecule has 1 heterocycles. The fraction of sp³-hybridized carbons (Fsp3) is 0.300. The van der Waals surface area contributed by atoms with Crippen LogP contribution in [0.4, 0.5) is 0 Å². The zero-order chi connectivity index (χ0) is 10.8. The van der Waals surface area contributed by atoms with Crippen LogP contribution in [0.5, 0.6) is 5.75 Å². The Morgan fingerprint density at radius 1 is 1.60 bits per heavy atom. The van der Waals surface area contributed by atoms with Crippen molar-refractivity contribution in [2.75, 3.05) is 13.7 Å². The number of ether oxygens (including phenoxy) is 1. The second kappa shape index (κ2) is 3.88. The van der Waals surface area contributed by atoms with Crippen LogP contribution in [-0.2, 0) is 0 Å². The first-order valence-electron chi connectivity index (χ1n) is 4.58. The van der Waals surface area contributed by atoms with E-state index in [-0.39, 0.29) is 12.4 Å². The van der Waals surface area contributed by atoms with Gasteiger partial charge < -0.3 is 20.0 Å². The van der Waals surface area contributed by atoms with E-state index in [9.17, 15) is 5.11 Å². The summed E-state index contributed by atoms with van der Waals surface area (Å²) in [6.45, 7) is 0.0785. The minimum absolute atomic E-state index is 0.0785. The van der Waals surface area contributed by atoms with E-state index >= 15 is 0 Å². The Balaban J connectivity index is 2.55. The van der Waals surface area contributed by atoms with Crippen LogP contribution in [0.1, 0.15) is 12.0 Å². The summed E-state index contributed by atoms with van der Waals surface area (Å²) in [6, 6.07) is 5.36. The van der Waals surface area contributed by atoms with E-state index in [4.69, 9.17) is 14.9 Å². The molecule has 2 aromatic rings. The molecule has 1 unspecified atom stereocenters. The molecule has 0 aliphatic rings. The predicted octanol–water partition coefficient (Wildman–Crippen LogP) is 0.829. The number of hydrogen-bond acceptors (Lipinski definition) is 5. The van der Waals surface area contributed by atoms with Crippen molar-refractivity contribution in [1.82, 2.24) is 4.98 Å². The van der Waals surface area contributed by atoms with Crippen molar-refractivity contribution < 1.29 is 14.3 Å². The van der Waals surface area contributed by atoms with E-state index in [0.717, 1.165) is 0 Å². The van der Waals surface area contributed by atoms with Gasteiger partial charge in [0.05, 0.1) is 7.11 Å². The summed E-state index contributed by atoms with van der Waals surface area (Å²) in [6.07, 6.45) is -0.873. The van der Waals surface area contributed by atoms with Crippen LogP contribution in [-0.4, -0.2) is 23.7 Å². The summed E-state index contributed by atoms with van der Waals surface area (Å²) in [4.78, 5) is 4.12. The minimum atomic E-state index is -0.873. The summed E-state index contributed by atoms with van der Waals surface area (Å²) in [5, 5.41) is 9.47. The third-order valence-electron chi connectivity index (χ3n) is 2.12. The van der Waals surface area contributed by atoms with Gasteiger partial charge in [0.2, 0.25) is 5.89 Å². The molecule has 0 radical (unpaired) electrons. The second-order valence-corrected chi connectivity index (χ2v) is 3.11. The van der Waals surface area contributed by atoms with E-state index in [1.165, 1.54) is 0 Å². The van der Waals surface area contributed by atoms with Gasteiger partial charge >= 0.3 is 0 Å². The van der Waals surface area contributed by atoms with Gasteiger partial charge in [0.25, 0.3) is 0 Å². The van der Waals surface area contributed by atoms with Gasteiger partial charge in [-0.1, -0.05) is 6.07 Å². The summed E-state index contributed by atoms with van der Waals surface area (Å²) in [5.41, 5.74) is 6.50. The first kappa shape index (κ1) is 9.95. The Hall–Kier alpha value is -1.59. The highest BCUT2D eigenvalue weighted by Gasteiger charge is 2.15. The molecule has 0 spiro atoms. The third-order valence-corrected chi connectivity index (χ3v) is 2.12. The van der Waals surface area contributed by atoms with Crippen molar-refractivity contribution >= 4 is 11.1 Å². The summed E-state index contributed by atoms with van der Waals surface area (Å²) >= 11 is 0. The number of fused-ring (bicyclic) bond motifs is 1. The molecule has 0 fully saturated rings. The predicted molar refractivity (Wildman–Crippen MR) is 54.6 cm³/mol. The van der Waals surface area contributed by atoms with Crippen molar-refractivity contribution in [1.29, 1.82) is 0 Å². The Bertz CT molecular complexity index is 467. The SMILES string of the molecule is COc1cccc2nc(C(O)CN)oc12. The molecule has 5 heteroatoms. The summed E-state index contributed by atoms with van der Waals surface area (Å²) in [7, 11) is 1.55. The lowest BCUT2D eigenvalue weighted by Crippen LogP contribution is -2.11. The number of para-hydroxylation sites is 1. The van der Waals surface area contributed by atoms with Crippen molar-refractivity contribution in [3.8, 4) is 5.75 Å². The summed E-state index contributed by atoms with van der Waals surface area (Å²) < 4.78 is 10.5. The van der Waals surface area contributed by atoms with Gasteiger partial charge in [0.1, 0.15) is 11.6 Å². The number of methoxy groups -OCH3 is 1. The number of hydrogen-bond donors (Lipinski definition) is 2. The number of nitrogens with zero attached hydrogens (tertiary/aromatic N) is 1. The number of aliphatic hydroxyl groups is 1. The van der Waals surface area contributed by atoms with E-state index in [1.54, 1.807) is 19.2 Å². The maximum atomic E-state index is 9.47. The molecule has 15 heavy (non-hydrogen) atoms. The summed E-state index contributed by atoms with van der Waals surface area (Å²) in [5.74, 6) is 0.812. The van der Waals surface area contributed by atoms with Crippen molar-refractivity contribution in [3.63, 3.8) is 0 Å². The van der Waals surface area contributed by atoms with Crippen molar-refractivity contribution in [2.24, 2.45) is 5.73 Å². The van der Waals surface area contributed by atoms with Crippen LogP contribution in [0.15, 0.2) is 22.6 Å². The molecular weight excluding hydrogens is 196 g/mol. The molecule has 1 aromatic heterocycles. The van der Waals surface area contributed by atoms with Gasteiger partial charge in [-0.15, -0.1) is 0 Å². The molecule has 3 N–H and O–H groups in total. The van der Waals surface area contributed by atoms with Crippen LogP contribution in [0.2, 0.25) is 0 Å². The molecule has 0 amide bonds. The highest BCUT2D eigenvalue weighted by atomic mass is 16.5. The highest BCUT2D eigenvalue weighted by molar-refractivity contribution is 5.79. The average molecular weight is 208 g/mol. The van der Waals surface area contributed by atoms with E-state index < -0.39 is 6.10 Å². The normalized spacial score (nSPS) is 13.0. The zero-order valence-corrected chi connectivity index (χ0v) is 8.30. The molecular formula is C10H12N2O3. The lowest BCUT2D eigenvalue weighted by molar-refractivity contribution is 0.154. The number of benzene rings is 1. The molecule has 5 nitrogen and oxygen atoms in total. The Morgan fingerprint density at radius 2 is 2.40 bits per heavy atom. The first-order valence-corrected chi connectivity index (χ1v) is 4.58. The standard InChI is InChI=1S/C10H12N2O3/c1-14-8-4-2-3-6-9(8)15-10(12-6)7(13)5-11/h2-4,7,13H,5,11H2,1H3. The van der Waals surface area contributed by atoms with Crippen LogP contribution in [0, 0.1) is 0 Å². The molecule has 0 saturated carbocycles. The van der Waals surface area contributed by atoms with E-state index in [0.29, 0.717) is 16.8 Å².